The number of aromatic nitrogens is 1. The Bertz CT molecular complexity index is 540. The summed E-state index contributed by atoms with van der Waals surface area (Å²) in [5.74, 6) is -0.435. The minimum Gasteiger partial charge on any atom is -0.366 e. The molecule has 1 aromatic heterocycles. The minimum absolute atomic E-state index is 0.435. The second-order valence-electron chi connectivity index (χ2n) is 3.30. The van der Waals surface area contributed by atoms with Gasteiger partial charge in [0.1, 0.15) is 0 Å². The van der Waals surface area contributed by atoms with E-state index in [1.165, 1.54) is 0 Å². The Morgan fingerprint density at radius 1 is 1.25 bits per heavy atom. The fraction of sp³-hybridized carbons (Fsp3) is 0. The molecule has 0 aliphatic carbocycles. The molecular weight excluding hydrogens is 268 g/mol. The molecule has 1 amide bonds. The molecule has 0 unspecified atom stereocenters. The summed E-state index contributed by atoms with van der Waals surface area (Å²) in [5, 5.41) is 0. The molecule has 1 aromatic carbocycles. The zero-order chi connectivity index (χ0) is 11.5. The van der Waals surface area contributed by atoms with Crippen LogP contribution in [0.1, 0.15) is 10.4 Å². The lowest BCUT2D eigenvalue weighted by molar-refractivity contribution is 0.100. The molecule has 0 atom stereocenters. The Kier molecular flexibility index (Phi) is 3.01. The molecule has 0 saturated carbocycles. The second-order valence-corrected chi connectivity index (χ2v) is 4.22. The third-order valence-corrected chi connectivity index (χ3v) is 2.64. The van der Waals surface area contributed by atoms with Gasteiger partial charge in [0.2, 0.25) is 5.91 Å². The van der Waals surface area contributed by atoms with Crippen LogP contribution in [0, 0.1) is 0 Å². The molecule has 0 radical (unpaired) electrons. The molecule has 4 heteroatoms. The zero-order valence-electron chi connectivity index (χ0n) is 8.35. The van der Waals surface area contributed by atoms with E-state index in [-0.39, 0.29) is 0 Å². The van der Waals surface area contributed by atoms with Crippen molar-refractivity contribution < 1.29 is 4.79 Å². The summed E-state index contributed by atoms with van der Waals surface area (Å²) in [6, 6.07) is 9.11. The number of halogens is 1. The van der Waals surface area contributed by atoms with Crippen molar-refractivity contribution in [2.45, 2.75) is 0 Å². The zero-order valence-corrected chi connectivity index (χ0v) is 9.94. The molecular formula is C12H9BrN2O. The van der Waals surface area contributed by atoms with Gasteiger partial charge in [0.25, 0.3) is 0 Å². The molecule has 2 aromatic rings. The number of carbonyl (C=O) groups excluding carboxylic acids is 1. The molecule has 16 heavy (non-hydrogen) atoms. The fourth-order valence-corrected chi connectivity index (χ4v) is 1.87. The van der Waals surface area contributed by atoms with Crippen LogP contribution in [-0.4, -0.2) is 10.9 Å². The van der Waals surface area contributed by atoms with Crippen molar-refractivity contribution in [2.75, 3.05) is 0 Å². The molecule has 2 N–H and O–H groups in total. The summed E-state index contributed by atoms with van der Waals surface area (Å²) in [4.78, 5) is 15.3. The maximum Gasteiger partial charge on any atom is 0.249 e. The normalized spacial score (nSPS) is 10.1. The SMILES string of the molecule is NC(=O)c1ccccc1-c1cncc(Br)c1. The highest BCUT2D eigenvalue weighted by Gasteiger charge is 2.09. The Labute approximate surface area is 101 Å². The first kappa shape index (κ1) is 10.8. The topological polar surface area (TPSA) is 56.0 Å². The largest absolute Gasteiger partial charge is 0.366 e. The summed E-state index contributed by atoms with van der Waals surface area (Å²) in [5.41, 5.74) is 7.48. The maximum absolute atomic E-state index is 11.3. The lowest BCUT2D eigenvalue weighted by Gasteiger charge is -2.06. The number of rotatable bonds is 2. The average molecular weight is 277 g/mol. The minimum atomic E-state index is -0.435. The highest BCUT2D eigenvalue weighted by Crippen LogP contribution is 2.24. The van der Waals surface area contributed by atoms with Crippen LogP contribution in [-0.2, 0) is 0 Å². The first-order chi connectivity index (χ1) is 7.68. The highest BCUT2D eigenvalue weighted by atomic mass is 79.9. The van der Waals surface area contributed by atoms with E-state index in [0.717, 1.165) is 15.6 Å². The number of carbonyl (C=O) groups is 1. The summed E-state index contributed by atoms with van der Waals surface area (Å²) in [6.07, 6.45) is 3.39. The van der Waals surface area contributed by atoms with Crippen molar-refractivity contribution in [1.29, 1.82) is 0 Å². The van der Waals surface area contributed by atoms with Crippen molar-refractivity contribution in [2.24, 2.45) is 5.73 Å². The molecule has 0 bridgehead atoms. The Balaban J connectivity index is 2.60. The van der Waals surface area contributed by atoms with Gasteiger partial charge in [0.05, 0.1) is 0 Å². The van der Waals surface area contributed by atoms with Gasteiger partial charge < -0.3 is 5.73 Å². The first-order valence-electron chi connectivity index (χ1n) is 4.68. The van der Waals surface area contributed by atoms with E-state index in [9.17, 15) is 4.79 Å². The van der Waals surface area contributed by atoms with Gasteiger partial charge in [-0.15, -0.1) is 0 Å². The fourth-order valence-electron chi connectivity index (χ4n) is 1.51. The molecule has 80 valence electrons. The third kappa shape index (κ3) is 2.12. The Morgan fingerprint density at radius 3 is 2.69 bits per heavy atom. The molecule has 0 fully saturated rings. The lowest BCUT2D eigenvalue weighted by atomic mass is 10.0. The van der Waals surface area contributed by atoms with Crippen LogP contribution in [0.5, 0.6) is 0 Å². The van der Waals surface area contributed by atoms with Gasteiger partial charge in [-0.05, 0) is 33.6 Å². The summed E-state index contributed by atoms with van der Waals surface area (Å²) in [6.45, 7) is 0. The number of nitrogens with two attached hydrogens (primary N) is 1. The Hall–Kier alpha value is -1.68. The molecule has 2 rings (SSSR count). The highest BCUT2D eigenvalue weighted by molar-refractivity contribution is 9.10. The van der Waals surface area contributed by atoms with E-state index < -0.39 is 5.91 Å². The van der Waals surface area contributed by atoms with E-state index >= 15 is 0 Å². The number of hydrogen-bond donors (Lipinski definition) is 1. The predicted molar refractivity (Wildman–Crippen MR) is 65.9 cm³/mol. The van der Waals surface area contributed by atoms with Crippen molar-refractivity contribution in [1.82, 2.24) is 4.98 Å². The van der Waals surface area contributed by atoms with E-state index in [0.29, 0.717) is 5.56 Å². The monoisotopic (exact) mass is 276 g/mol. The number of benzene rings is 1. The van der Waals surface area contributed by atoms with Crippen LogP contribution in [0.2, 0.25) is 0 Å². The van der Waals surface area contributed by atoms with Gasteiger partial charge in [0.15, 0.2) is 0 Å². The second kappa shape index (κ2) is 4.45. The third-order valence-electron chi connectivity index (χ3n) is 2.21. The van der Waals surface area contributed by atoms with Crippen LogP contribution < -0.4 is 5.73 Å². The number of pyridine rings is 1. The molecule has 0 aliphatic heterocycles. The molecule has 0 aliphatic rings. The lowest BCUT2D eigenvalue weighted by Crippen LogP contribution is -2.12. The summed E-state index contributed by atoms with van der Waals surface area (Å²) < 4.78 is 0.865. The predicted octanol–water partition coefficient (Wildman–Crippen LogP) is 2.61. The molecule has 1 heterocycles. The maximum atomic E-state index is 11.3. The van der Waals surface area contributed by atoms with Crippen molar-refractivity contribution >= 4 is 21.8 Å². The Morgan fingerprint density at radius 2 is 2.00 bits per heavy atom. The van der Waals surface area contributed by atoms with Crippen LogP contribution in [0.15, 0.2) is 47.2 Å². The van der Waals surface area contributed by atoms with Gasteiger partial charge in [-0.2, -0.15) is 0 Å². The van der Waals surface area contributed by atoms with E-state index in [1.54, 1.807) is 24.5 Å². The number of amides is 1. The van der Waals surface area contributed by atoms with Crippen LogP contribution in [0.3, 0.4) is 0 Å². The standard InChI is InChI=1S/C12H9BrN2O/c13-9-5-8(6-15-7-9)10-3-1-2-4-11(10)12(14)16/h1-7H,(H2,14,16). The number of primary amides is 1. The average Bonchev–Trinajstić information content (AvgIpc) is 2.29. The summed E-state index contributed by atoms with van der Waals surface area (Å²) in [7, 11) is 0. The van der Waals surface area contributed by atoms with Crippen molar-refractivity contribution in [3.63, 3.8) is 0 Å². The molecule has 0 saturated heterocycles. The van der Waals surface area contributed by atoms with Gasteiger partial charge in [-0.1, -0.05) is 18.2 Å². The van der Waals surface area contributed by atoms with E-state index in [1.807, 2.05) is 18.2 Å². The van der Waals surface area contributed by atoms with Crippen molar-refractivity contribution in [3.05, 3.63) is 52.8 Å². The van der Waals surface area contributed by atoms with Crippen LogP contribution >= 0.6 is 15.9 Å². The van der Waals surface area contributed by atoms with Gasteiger partial charge in [-0.25, -0.2) is 0 Å². The number of nitrogens with zero attached hydrogens (tertiary/aromatic N) is 1. The van der Waals surface area contributed by atoms with E-state index in [2.05, 4.69) is 20.9 Å². The smallest absolute Gasteiger partial charge is 0.249 e. The molecule has 0 spiro atoms. The number of hydrogen-bond acceptors (Lipinski definition) is 2. The quantitative estimate of drug-likeness (QED) is 0.917. The van der Waals surface area contributed by atoms with Crippen LogP contribution in [0.25, 0.3) is 11.1 Å². The van der Waals surface area contributed by atoms with Crippen LogP contribution in [0.4, 0.5) is 0 Å². The van der Waals surface area contributed by atoms with Gasteiger partial charge >= 0.3 is 0 Å². The van der Waals surface area contributed by atoms with Crippen molar-refractivity contribution in [3.8, 4) is 11.1 Å². The summed E-state index contributed by atoms with van der Waals surface area (Å²) >= 11 is 3.34. The van der Waals surface area contributed by atoms with Gasteiger partial charge in [-0.3, -0.25) is 9.78 Å². The first-order valence-corrected chi connectivity index (χ1v) is 5.47. The molecule has 3 nitrogen and oxygen atoms in total. The van der Waals surface area contributed by atoms with Gasteiger partial charge in [0, 0.05) is 28.0 Å². The van der Waals surface area contributed by atoms with E-state index in [4.69, 9.17) is 5.73 Å².